The molecule has 5 heteroatoms. The number of halogens is 2. The number of ether oxygens (including phenoxy) is 1. The molecule has 0 radical (unpaired) electrons. The summed E-state index contributed by atoms with van der Waals surface area (Å²) in [7, 11) is 0. The van der Waals surface area contributed by atoms with Gasteiger partial charge in [-0.25, -0.2) is 4.39 Å². The van der Waals surface area contributed by atoms with E-state index in [4.69, 9.17) is 4.74 Å². The van der Waals surface area contributed by atoms with Crippen LogP contribution in [0.1, 0.15) is 12.5 Å². The van der Waals surface area contributed by atoms with E-state index in [1.807, 2.05) is 0 Å². The van der Waals surface area contributed by atoms with Crippen LogP contribution in [0.2, 0.25) is 0 Å². The van der Waals surface area contributed by atoms with Gasteiger partial charge in [0.25, 0.3) is 0 Å². The highest BCUT2D eigenvalue weighted by molar-refractivity contribution is 9.10. The Morgan fingerprint density at radius 2 is 2.37 bits per heavy atom. The summed E-state index contributed by atoms with van der Waals surface area (Å²) in [6.07, 6.45) is -0.259. The van der Waals surface area contributed by atoms with Crippen LogP contribution in [0.5, 0.6) is 0 Å². The van der Waals surface area contributed by atoms with Crippen molar-refractivity contribution in [3.05, 3.63) is 34.1 Å². The lowest BCUT2D eigenvalue weighted by Crippen LogP contribution is -2.48. The topological polar surface area (TPSA) is 32.7 Å². The van der Waals surface area contributed by atoms with E-state index in [0.717, 1.165) is 25.2 Å². The molecule has 2 rings (SSSR count). The molecule has 1 fully saturated rings. The Balaban J connectivity index is 1.96. The highest BCUT2D eigenvalue weighted by Crippen LogP contribution is 2.19. The summed E-state index contributed by atoms with van der Waals surface area (Å²) < 4.78 is 19.2. The van der Waals surface area contributed by atoms with Crippen molar-refractivity contribution in [2.45, 2.75) is 25.6 Å². The van der Waals surface area contributed by atoms with Gasteiger partial charge >= 0.3 is 0 Å². The lowest BCUT2D eigenvalue weighted by atomic mass is 10.0. The second kappa shape index (κ2) is 6.79. The Morgan fingerprint density at radius 1 is 1.58 bits per heavy atom. The van der Waals surface area contributed by atoms with Gasteiger partial charge in [0.15, 0.2) is 0 Å². The van der Waals surface area contributed by atoms with E-state index < -0.39 is 6.10 Å². The number of hydrogen-bond donors (Lipinski definition) is 1. The first kappa shape index (κ1) is 14.9. The number of hydrogen-bond acceptors (Lipinski definition) is 3. The van der Waals surface area contributed by atoms with Crippen molar-refractivity contribution in [3.8, 4) is 0 Å². The van der Waals surface area contributed by atoms with Gasteiger partial charge in [-0.2, -0.15) is 0 Å². The van der Waals surface area contributed by atoms with Gasteiger partial charge in [-0.1, -0.05) is 13.0 Å². The summed E-state index contributed by atoms with van der Waals surface area (Å²) in [5, 5.41) is 10.2. The van der Waals surface area contributed by atoms with Gasteiger partial charge in [0.05, 0.1) is 23.3 Å². The maximum absolute atomic E-state index is 13.1. The Kier molecular flexibility index (Phi) is 5.33. The molecule has 0 aliphatic carbocycles. The average molecular weight is 332 g/mol. The monoisotopic (exact) mass is 331 g/mol. The minimum Gasteiger partial charge on any atom is -0.390 e. The first-order valence-corrected chi connectivity index (χ1v) is 7.35. The van der Waals surface area contributed by atoms with E-state index in [2.05, 4.69) is 27.8 Å². The van der Waals surface area contributed by atoms with E-state index >= 15 is 0 Å². The second-order valence-electron chi connectivity index (χ2n) is 4.82. The molecule has 1 aromatic carbocycles. The molecule has 3 nitrogen and oxygen atoms in total. The number of rotatable bonds is 4. The first-order valence-electron chi connectivity index (χ1n) is 6.56. The quantitative estimate of drug-likeness (QED) is 0.918. The van der Waals surface area contributed by atoms with E-state index in [9.17, 15) is 9.50 Å². The third-order valence-electron chi connectivity index (χ3n) is 3.48. The smallest absolute Gasteiger partial charge is 0.137 e. The molecule has 1 saturated heterocycles. The molecule has 0 bridgehead atoms. The number of likely N-dealkylation sites (N-methyl/N-ethyl adjacent to an activating group) is 1. The average Bonchev–Trinajstić information content (AvgIpc) is 2.43. The standard InChI is InChI=1S/C14H19BrFNO2/c1-2-17-5-6-19-14(9-17)13(18)8-10-3-4-12(16)11(15)7-10/h3-4,7,13-14,18H,2,5-6,8-9H2,1H3. The lowest BCUT2D eigenvalue weighted by molar-refractivity contribution is -0.0867. The van der Waals surface area contributed by atoms with Gasteiger partial charge in [0, 0.05) is 19.5 Å². The van der Waals surface area contributed by atoms with Crippen molar-refractivity contribution in [2.75, 3.05) is 26.2 Å². The van der Waals surface area contributed by atoms with Gasteiger partial charge in [0.2, 0.25) is 0 Å². The molecule has 0 saturated carbocycles. The van der Waals surface area contributed by atoms with Gasteiger partial charge < -0.3 is 9.84 Å². The summed E-state index contributed by atoms with van der Waals surface area (Å²) in [5.41, 5.74) is 0.901. The van der Waals surface area contributed by atoms with Gasteiger partial charge in [0.1, 0.15) is 5.82 Å². The zero-order chi connectivity index (χ0) is 13.8. The zero-order valence-corrected chi connectivity index (χ0v) is 12.6. The highest BCUT2D eigenvalue weighted by Gasteiger charge is 2.26. The molecule has 2 atom stereocenters. The summed E-state index contributed by atoms with van der Waals surface area (Å²) in [5.74, 6) is -0.288. The zero-order valence-electron chi connectivity index (χ0n) is 11.0. The van der Waals surface area contributed by atoms with Crippen LogP contribution < -0.4 is 0 Å². The molecule has 1 aromatic rings. The third kappa shape index (κ3) is 3.99. The Labute approximate surface area is 121 Å². The molecule has 0 spiro atoms. The molecular formula is C14H19BrFNO2. The molecule has 0 amide bonds. The molecule has 2 unspecified atom stereocenters. The third-order valence-corrected chi connectivity index (χ3v) is 4.09. The van der Waals surface area contributed by atoms with Crippen LogP contribution in [0.3, 0.4) is 0 Å². The fourth-order valence-corrected chi connectivity index (χ4v) is 2.72. The van der Waals surface area contributed by atoms with Crippen molar-refractivity contribution < 1.29 is 14.2 Å². The molecular weight excluding hydrogens is 313 g/mol. The first-order chi connectivity index (χ1) is 9.10. The van der Waals surface area contributed by atoms with Crippen molar-refractivity contribution in [2.24, 2.45) is 0 Å². The van der Waals surface area contributed by atoms with Crippen LogP contribution in [0.4, 0.5) is 4.39 Å². The molecule has 1 N–H and O–H groups in total. The van der Waals surface area contributed by atoms with Crippen molar-refractivity contribution in [1.29, 1.82) is 0 Å². The van der Waals surface area contributed by atoms with Gasteiger partial charge in [-0.15, -0.1) is 0 Å². The molecule has 1 aliphatic heterocycles. The predicted octanol–water partition coefficient (Wildman–Crippen LogP) is 2.21. The van der Waals surface area contributed by atoms with Crippen LogP contribution in [0, 0.1) is 5.82 Å². The molecule has 106 valence electrons. The summed E-state index contributed by atoms with van der Waals surface area (Å²) >= 11 is 3.16. The lowest BCUT2D eigenvalue weighted by Gasteiger charge is -2.34. The number of benzene rings is 1. The van der Waals surface area contributed by atoms with E-state index in [-0.39, 0.29) is 11.9 Å². The molecule has 1 heterocycles. The predicted molar refractivity (Wildman–Crippen MR) is 75.7 cm³/mol. The number of nitrogens with zero attached hydrogens (tertiary/aromatic N) is 1. The highest BCUT2D eigenvalue weighted by atomic mass is 79.9. The van der Waals surface area contributed by atoms with Crippen molar-refractivity contribution in [3.63, 3.8) is 0 Å². The number of aliphatic hydroxyl groups is 1. The summed E-state index contributed by atoms with van der Waals surface area (Å²) in [4.78, 5) is 2.26. The van der Waals surface area contributed by atoms with Crippen LogP contribution in [0.25, 0.3) is 0 Å². The second-order valence-corrected chi connectivity index (χ2v) is 5.68. The minimum atomic E-state index is -0.563. The Hall–Kier alpha value is -0.490. The maximum atomic E-state index is 13.1. The maximum Gasteiger partial charge on any atom is 0.137 e. The van der Waals surface area contributed by atoms with Crippen molar-refractivity contribution >= 4 is 15.9 Å². The number of aliphatic hydroxyl groups excluding tert-OH is 1. The fraction of sp³-hybridized carbons (Fsp3) is 0.571. The van der Waals surface area contributed by atoms with Gasteiger partial charge in [-0.05, 0) is 40.2 Å². The Bertz CT molecular complexity index is 430. The van der Waals surface area contributed by atoms with Crippen LogP contribution >= 0.6 is 15.9 Å². The SMILES string of the molecule is CCN1CCOC(C(O)Cc2ccc(F)c(Br)c2)C1. The van der Waals surface area contributed by atoms with Crippen LogP contribution in [-0.2, 0) is 11.2 Å². The minimum absolute atomic E-state index is 0.169. The van der Waals surface area contributed by atoms with E-state index in [1.165, 1.54) is 6.07 Å². The molecule has 1 aliphatic rings. The Morgan fingerprint density at radius 3 is 3.05 bits per heavy atom. The van der Waals surface area contributed by atoms with E-state index in [1.54, 1.807) is 12.1 Å². The van der Waals surface area contributed by atoms with Crippen LogP contribution in [-0.4, -0.2) is 48.5 Å². The van der Waals surface area contributed by atoms with Crippen molar-refractivity contribution in [1.82, 2.24) is 4.90 Å². The van der Waals surface area contributed by atoms with Crippen LogP contribution in [0.15, 0.2) is 22.7 Å². The summed E-state index contributed by atoms with van der Waals surface area (Å²) in [6, 6.07) is 4.81. The van der Waals surface area contributed by atoms with E-state index in [0.29, 0.717) is 17.5 Å². The number of morpholine rings is 1. The molecule has 0 aromatic heterocycles. The summed E-state index contributed by atoms with van der Waals surface area (Å²) in [6.45, 7) is 5.39. The van der Waals surface area contributed by atoms with Gasteiger partial charge in [-0.3, -0.25) is 4.90 Å². The normalized spacial score (nSPS) is 22.4. The largest absolute Gasteiger partial charge is 0.390 e. The fourth-order valence-electron chi connectivity index (χ4n) is 2.29. The molecule has 19 heavy (non-hydrogen) atoms.